The van der Waals surface area contributed by atoms with Gasteiger partial charge in [0.15, 0.2) is 0 Å². The van der Waals surface area contributed by atoms with Gasteiger partial charge in [-0.3, -0.25) is 4.90 Å². The minimum atomic E-state index is 0.351. The van der Waals surface area contributed by atoms with Gasteiger partial charge in [0.2, 0.25) is 0 Å². The Kier molecular flexibility index (Phi) is 5.93. The van der Waals surface area contributed by atoms with Crippen LogP contribution in [0, 0.1) is 11.8 Å². The second kappa shape index (κ2) is 7.46. The van der Waals surface area contributed by atoms with Crippen molar-refractivity contribution in [3.63, 3.8) is 0 Å². The number of hydrogen-bond acceptors (Lipinski definition) is 3. The third-order valence-corrected chi connectivity index (χ3v) is 4.98. The molecule has 0 radical (unpaired) electrons. The van der Waals surface area contributed by atoms with Crippen molar-refractivity contribution in [1.29, 1.82) is 0 Å². The summed E-state index contributed by atoms with van der Waals surface area (Å²) in [6.07, 6.45) is 10.4. The summed E-state index contributed by atoms with van der Waals surface area (Å²) in [5.74, 6) is 1.42. The Morgan fingerprint density at radius 3 is 2.67 bits per heavy atom. The number of rotatable bonds is 4. The summed E-state index contributed by atoms with van der Waals surface area (Å²) in [5, 5.41) is 9.12. The molecule has 0 aromatic rings. The van der Waals surface area contributed by atoms with E-state index in [1.54, 1.807) is 0 Å². The lowest BCUT2D eigenvalue weighted by atomic mass is 9.88. The van der Waals surface area contributed by atoms with Gasteiger partial charge in [0.05, 0.1) is 0 Å². The van der Waals surface area contributed by atoms with Crippen molar-refractivity contribution >= 4 is 0 Å². The van der Waals surface area contributed by atoms with Crippen molar-refractivity contribution in [2.75, 3.05) is 26.2 Å². The number of piperidine rings is 1. The minimum Gasteiger partial charge on any atom is -0.396 e. The first kappa shape index (κ1) is 14.3. The monoisotopic (exact) mass is 254 g/mol. The molecule has 18 heavy (non-hydrogen) atoms. The largest absolute Gasteiger partial charge is 0.396 e. The molecule has 1 saturated heterocycles. The van der Waals surface area contributed by atoms with Crippen LogP contribution < -0.4 is 5.73 Å². The van der Waals surface area contributed by atoms with Crippen molar-refractivity contribution in [3.05, 3.63) is 0 Å². The maximum atomic E-state index is 9.12. The van der Waals surface area contributed by atoms with Gasteiger partial charge in [-0.25, -0.2) is 0 Å². The summed E-state index contributed by atoms with van der Waals surface area (Å²) in [7, 11) is 0. The lowest BCUT2D eigenvalue weighted by Crippen LogP contribution is -2.47. The van der Waals surface area contributed by atoms with E-state index in [0.29, 0.717) is 18.4 Å². The Morgan fingerprint density at radius 1 is 1.06 bits per heavy atom. The Morgan fingerprint density at radius 2 is 1.89 bits per heavy atom. The van der Waals surface area contributed by atoms with E-state index in [9.17, 15) is 0 Å². The molecule has 0 aromatic heterocycles. The summed E-state index contributed by atoms with van der Waals surface area (Å²) >= 11 is 0. The molecule has 2 aliphatic rings. The summed E-state index contributed by atoms with van der Waals surface area (Å²) in [5.41, 5.74) is 6.00. The number of aliphatic hydroxyl groups excluding tert-OH is 1. The third kappa shape index (κ3) is 3.69. The number of aliphatic hydroxyl groups is 1. The van der Waals surface area contributed by atoms with Crippen LogP contribution in [-0.4, -0.2) is 42.3 Å². The van der Waals surface area contributed by atoms with E-state index in [-0.39, 0.29) is 0 Å². The van der Waals surface area contributed by atoms with Crippen molar-refractivity contribution in [2.45, 2.75) is 57.4 Å². The lowest BCUT2D eigenvalue weighted by Gasteiger charge is -2.41. The van der Waals surface area contributed by atoms with E-state index in [1.165, 1.54) is 58.0 Å². The standard InChI is InChI=1S/C15H30N2O/c16-11-14-6-2-1-3-7-15(14)17-9-4-5-13(12-17)8-10-18/h13-15,18H,1-12,16H2. The second-order valence-electron chi connectivity index (χ2n) is 6.22. The first-order chi connectivity index (χ1) is 8.85. The van der Waals surface area contributed by atoms with Crippen LogP contribution in [0.1, 0.15) is 51.4 Å². The van der Waals surface area contributed by atoms with Gasteiger partial charge in [-0.05, 0) is 57.0 Å². The molecule has 3 unspecified atom stereocenters. The van der Waals surface area contributed by atoms with Gasteiger partial charge in [0.25, 0.3) is 0 Å². The highest BCUT2D eigenvalue weighted by Gasteiger charge is 2.31. The van der Waals surface area contributed by atoms with Crippen LogP contribution in [0.3, 0.4) is 0 Å². The van der Waals surface area contributed by atoms with E-state index >= 15 is 0 Å². The minimum absolute atomic E-state index is 0.351. The highest BCUT2D eigenvalue weighted by molar-refractivity contribution is 4.86. The topological polar surface area (TPSA) is 49.5 Å². The van der Waals surface area contributed by atoms with Gasteiger partial charge in [-0.2, -0.15) is 0 Å². The highest BCUT2D eigenvalue weighted by atomic mass is 16.3. The number of nitrogens with two attached hydrogens (primary N) is 1. The summed E-state index contributed by atoms with van der Waals surface area (Å²) in [4.78, 5) is 2.70. The van der Waals surface area contributed by atoms with Crippen molar-refractivity contribution in [2.24, 2.45) is 17.6 Å². The van der Waals surface area contributed by atoms with Crippen LogP contribution in [0.25, 0.3) is 0 Å². The zero-order valence-corrected chi connectivity index (χ0v) is 11.7. The summed E-state index contributed by atoms with van der Waals surface area (Å²) in [6.45, 7) is 3.65. The molecule has 1 aliphatic carbocycles. The molecule has 3 heteroatoms. The van der Waals surface area contributed by atoms with E-state index in [4.69, 9.17) is 10.8 Å². The summed E-state index contributed by atoms with van der Waals surface area (Å²) in [6, 6.07) is 0.721. The maximum Gasteiger partial charge on any atom is 0.0434 e. The van der Waals surface area contributed by atoms with E-state index in [0.717, 1.165) is 19.0 Å². The van der Waals surface area contributed by atoms with Gasteiger partial charge in [-0.15, -0.1) is 0 Å². The van der Waals surface area contributed by atoms with Gasteiger partial charge in [0, 0.05) is 19.2 Å². The second-order valence-corrected chi connectivity index (χ2v) is 6.22. The third-order valence-electron chi connectivity index (χ3n) is 4.98. The normalized spacial score (nSPS) is 35.3. The highest BCUT2D eigenvalue weighted by Crippen LogP contribution is 2.30. The van der Waals surface area contributed by atoms with E-state index in [2.05, 4.69) is 4.90 Å². The number of likely N-dealkylation sites (tertiary alicyclic amines) is 1. The van der Waals surface area contributed by atoms with Crippen LogP contribution in [0.2, 0.25) is 0 Å². The van der Waals surface area contributed by atoms with Gasteiger partial charge >= 0.3 is 0 Å². The van der Waals surface area contributed by atoms with Gasteiger partial charge in [-0.1, -0.05) is 19.3 Å². The molecular weight excluding hydrogens is 224 g/mol. The first-order valence-electron chi connectivity index (χ1n) is 7.90. The van der Waals surface area contributed by atoms with Crippen LogP contribution in [0.4, 0.5) is 0 Å². The molecule has 106 valence electrons. The first-order valence-corrected chi connectivity index (χ1v) is 7.90. The Bertz CT molecular complexity index is 233. The molecule has 0 bridgehead atoms. The number of nitrogens with zero attached hydrogens (tertiary/aromatic N) is 1. The molecule has 2 fully saturated rings. The predicted molar refractivity (Wildman–Crippen MR) is 75.4 cm³/mol. The van der Waals surface area contributed by atoms with Crippen molar-refractivity contribution in [3.8, 4) is 0 Å². The molecule has 0 spiro atoms. The average molecular weight is 254 g/mol. The Hall–Kier alpha value is -0.120. The van der Waals surface area contributed by atoms with E-state index in [1.807, 2.05) is 0 Å². The molecule has 1 heterocycles. The molecule has 3 N–H and O–H groups in total. The molecule has 3 nitrogen and oxygen atoms in total. The maximum absolute atomic E-state index is 9.12. The number of hydrogen-bond donors (Lipinski definition) is 2. The fraction of sp³-hybridized carbons (Fsp3) is 1.00. The molecule has 1 aliphatic heterocycles. The van der Waals surface area contributed by atoms with Crippen molar-refractivity contribution in [1.82, 2.24) is 4.90 Å². The molecule has 1 saturated carbocycles. The van der Waals surface area contributed by atoms with Crippen LogP contribution in [0.5, 0.6) is 0 Å². The smallest absolute Gasteiger partial charge is 0.0434 e. The predicted octanol–water partition coefficient (Wildman–Crippen LogP) is 1.99. The van der Waals surface area contributed by atoms with Crippen LogP contribution >= 0.6 is 0 Å². The Balaban J connectivity index is 1.94. The van der Waals surface area contributed by atoms with Gasteiger partial charge in [0.1, 0.15) is 0 Å². The fourth-order valence-corrected chi connectivity index (χ4v) is 3.94. The molecular formula is C15H30N2O. The van der Waals surface area contributed by atoms with Gasteiger partial charge < -0.3 is 10.8 Å². The molecule has 2 rings (SSSR count). The van der Waals surface area contributed by atoms with Crippen LogP contribution in [-0.2, 0) is 0 Å². The fourth-order valence-electron chi connectivity index (χ4n) is 3.94. The van der Waals surface area contributed by atoms with Crippen LogP contribution in [0.15, 0.2) is 0 Å². The quantitative estimate of drug-likeness (QED) is 0.754. The lowest BCUT2D eigenvalue weighted by molar-refractivity contribution is 0.0742. The molecule has 0 aromatic carbocycles. The average Bonchev–Trinajstić information content (AvgIpc) is 2.64. The SMILES string of the molecule is NCC1CCCCCC1N1CCCC(CCO)C1. The Labute approximate surface area is 112 Å². The van der Waals surface area contributed by atoms with E-state index < -0.39 is 0 Å². The summed E-state index contributed by atoms with van der Waals surface area (Å²) < 4.78 is 0. The zero-order valence-electron chi connectivity index (χ0n) is 11.7. The van der Waals surface area contributed by atoms with Crippen molar-refractivity contribution < 1.29 is 5.11 Å². The molecule has 0 amide bonds. The molecule has 3 atom stereocenters. The zero-order chi connectivity index (χ0) is 12.8.